The molecule has 7 heteroatoms. The third kappa shape index (κ3) is 4.52. The molecule has 1 aromatic heterocycles. The zero-order chi connectivity index (χ0) is 14.7. The summed E-state index contributed by atoms with van der Waals surface area (Å²) in [4.78, 5) is 3.80. The maximum atomic E-state index is 9.81. The van der Waals surface area contributed by atoms with Gasteiger partial charge in [-0.15, -0.1) is 36.2 Å². The average molecular weight is 377 g/mol. The Bertz CT molecular complexity index is 590. The lowest BCUT2D eigenvalue weighted by Gasteiger charge is -2.35. The van der Waals surface area contributed by atoms with Gasteiger partial charge in [0.2, 0.25) is 0 Å². The number of hydrogen-bond donors (Lipinski definition) is 2. The molecule has 4 nitrogen and oxygen atoms in total. The van der Waals surface area contributed by atoms with Crippen molar-refractivity contribution >= 4 is 36.2 Å². The molecule has 2 heterocycles. The van der Waals surface area contributed by atoms with Gasteiger partial charge in [0.15, 0.2) is 11.5 Å². The first kappa shape index (κ1) is 20.1. The molecule has 2 N–H and O–H groups in total. The summed E-state index contributed by atoms with van der Waals surface area (Å²) in [6.07, 6.45) is 0. The monoisotopic (exact) mass is 376 g/mol. The fourth-order valence-electron chi connectivity index (χ4n) is 2.81. The molecule has 1 fully saturated rings. The summed E-state index contributed by atoms with van der Waals surface area (Å²) < 4.78 is 5.26. The molecule has 0 bridgehead atoms. The molecule has 1 saturated heterocycles. The molecule has 128 valence electrons. The Morgan fingerprint density at radius 1 is 1.22 bits per heavy atom. The van der Waals surface area contributed by atoms with E-state index in [1.54, 1.807) is 24.5 Å². The number of piperazine rings is 1. The Morgan fingerprint density at radius 2 is 1.96 bits per heavy atom. The van der Waals surface area contributed by atoms with E-state index in [0.717, 1.165) is 31.7 Å². The van der Waals surface area contributed by atoms with Crippen molar-refractivity contribution in [2.24, 2.45) is 0 Å². The van der Waals surface area contributed by atoms with Crippen molar-refractivity contribution in [2.75, 3.05) is 33.3 Å². The average Bonchev–Trinajstić information content (AvgIpc) is 3.04. The van der Waals surface area contributed by atoms with Crippen LogP contribution in [0.5, 0.6) is 11.5 Å². The van der Waals surface area contributed by atoms with Gasteiger partial charge < -0.3 is 15.2 Å². The van der Waals surface area contributed by atoms with E-state index >= 15 is 0 Å². The first-order valence-electron chi connectivity index (χ1n) is 7.14. The molecule has 1 aromatic carbocycles. The first-order valence-corrected chi connectivity index (χ1v) is 8.02. The number of rotatable bonds is 4. The Labute approximate surface area is 153 Å². The molecule has 0 aliphatic carbocycles. The van der Waals surface area contributed by atoms with Crippen molar-refractivity contribution in [3.05, 3.63) is 46.2 Å². The van der Waals surface area contributed by atoms with Crippen LogP contribution in [0.4, 0.5) is 0 Å². The molecular formula is C16H22Cl2N2O2S. The van der Waals surface area contributed by atoms with E-state index in [4.69, 9.17) is 4.74 Å². The fourth-order valence-corrected chi connectivity index (χ4v) is 3.69. The van der Waals surface area contributed by atoms with Crippen molar-refractivity contribution < 1.29 is 9.84 Å². The maximum absolute atomic E-state index is 9.81. The standard InChI is InChI=1S/C16H20N2O2S.2ClH/c1-20-14-11-12(4-5-13(14)19)16(15-3-2-10-21-15)18-8-6-17-7-9-18;;/h2-5,10-11,16-17,19H,6-9H2,1H3;2*1H/t16-;;/m0../s1. The maximum Gasteiger partial charge on any atom is 0.160 e. The van der Waals surface area contributed by atoms with Gasteiger partial charge in [-0.25, -0.2) is 0 Å². The molecule has 1 aliphatic heterocycles. The SMILES string of the molecule is COc1cc([C@@H](c2cccs2)N2CCNCC2)ccc1O.Cl.Cl. The number of nitrogens with one attached hydrogen (secondary N) is 1. The normalized spacial score (nSPS) is 16.0. The van der Waals surface area contributed by atoms with Crippen molar-refractivity contribution in [2.45, 2.75) is 6.04 Å². The highest BCUT2D eigenvalue weighted by Crippen LogP contribution is 2.36. The quantitative estimate of drug-likeness (QED) is 0.858. The van der Waals surface area contributed by atoms with Gasteiger partial charge in [0.05, 0.1) is 13.2 Å². The van der Waals surface area contributed by atoms with Crippen LogP contribution in [-0.2, 0) is 0 Å². The van der Waals surface area contributed by atoms with Gasteiger partial charge in [0, 0.05) is 31.1 Å². The summed E-state index contributed by atoms with van der Waals surface area (Å²) in [5.74, 6) is 0.718. The Balaban J connectivity index is 0.00000132. The number of nitrogens with zero attached hydrogens (tertiary/aromatic N) is 1. The molecule has 1 atom stereocenters. The van der Waals surface area contributed by atoms with Crippen molar-refractivity contribution in [3.8, 4) is 11.5 Å². The van der Waals surface area contributed by atoms with Crippen LogP contribution in [0.15, 0.2) is 35.7 Å². The number of phenols is 1. The van der Waals surface area contributed by atoms with Gasteiger partial charge in [-0.1, -0.05) is 12.1 Å². The summed E-state index contributed by atoms with van der Waals surface area (Å²) in [7, 11) is 1.59. The molecule has 0 unspecified atom stereocenters. The lowest BCUT2D eigenvalue weighted by Crippen LogP contribution is -2.45. The van der Waals surface area contributed by atoms with E-state index in [2.05, 4.69) is 27.7 Å². The van der Waals surface area contributed by atoms with Gasteiger partial charge in [0.1, 0.15) is 0 Å². The third-order valence-electron chi connectivity index (χ3n) is 3.85. The first-order chi connectivity index (χ1) is 10.3. The van der Waals surface area contributed by atoms with Crippen LogP contribution in [0, 0.1) is 0 Å². The second kappa shape index (κ2) is 9.35. The minimum Gasteiger partial charge on any atom is -0.504 e. The molecule has 0 spiro atoms. The van der Waals surface area contributed by atoms with Crippen LogP contribution in [0.1, 0.15) is 16.5 Å². The van der Waals surface area contributed by atoms with Crippen molar-refractivity contribution in [1.29, 1.82) is 0 Å². The number of thiophene rings is 1. The van der Waals surface area contributed by atoms with Crippen LogP contribution in [-0.4, -0.2) is 43.3 Å². The molecule has 23 heavy (non-hydrogen) atoms. The Morgan fingerprint density at radius 3 is 2.57 bits per heavy atom. The molecule has 0 radical (unpaired) electrons. The largest absolute Gasteiger partial charge is 0.504 e. The van der Waals surface area contributed by atoms with E-state index in [0.29, 0.717) is 5.75 Å². The Hall–Kier alpha value is -0.980. The highest BCUT2D eigenvalue weighted by Gasteiger charge is 2.25. The molecule has 0 saturated carbocycles. The minimum atomic E-state index is 0. The fraction of sp³-hybridized carbons (Fsp3) is 0.375. The van der Waals surface area contributed by atoms with E-state index < -0.39 is 0 Å². The number of methoxy groups -OCH3 is 1. The van der Waals surface area contributed by atoms with E-state index in [1.807, 2.05) is 12.1 Å². The second-order valence-corrected chi connectivity index (χ2v) is 6.11. The van der Waals surface area contributed by atoms with Gasteiger partial charge in [-0.2, -0.15) is 0 Å². The lowest BCUT2D eigenvalue weighted by molar-refractivity contribution is 0.200. The predicted molar refractivity (Wildman–Crippen MR) is 99.8 cm³/mol. The van der Waals surface area contributed by atoms with Crippen LogP contribution < -0.4 is 10.1 Å². The Kier molecular flexibility index (Phi) is 8.16. The van der Waals surface area contributed by atoms with Gasteiger partial charge in [-0.05, 0) is 29.1 Å². The molecule has 2 aromatic rings. The van der Waals surface area contributed by atoms with Gasteiger partial charge >= 0.3 is 0 Å². The number of phenolic OH excluding ortho intramolecular Hbond substituents is 1. The third-order valence-corrected chi connectivity index (χ3v) is 4.77. The molecular weight excluding hydrogens is 355 g/mol. The topological polar surface area (TPSA) is 44.7 Å². The van der Waals surface area contributed by atoms with Crippen molar-refractivity contribution in [3.63, 3.8) is 0 Å². The van der Waals surface area contributed by atoms with E-state index in [1.165, 1.54) is 4.88 Å². The zero-order valence-corrected chi connectivity index (χ0v) is 15.3. The summed E-state index contributed by atoms with van der Waals surface area (Å²) in [5.41, 5.74) is 1.16. The predicted octanol–water partition coefficient (Wildman–Crippen LogP) is 3.30. The smallest absolute Gasteiger partial charge is 0.160 e. The molecule has 1 aliphatic rings. The minimum absolute atomic E-state index is 0. The summed E-state index contributed by atoms with van der Waals surface area (Å²) in [6, 6.07) is 10.1. The van der Waals surface area contributed by atoms with Crippen LogP contribution in [0.2, 0.25) is 0 Å². The number of halogens is 2. The number of hydrogen-bond acceptors (Lipinski definition) is 5. The highest BCUT2D eigenvalue weighted by molar-refractivity contribution is 7.10. The van der Waals surface area contributed by atoms with Crippen LogP contribution in [0.3, 0.4) is 0 Å². The van der Waals surface area contributed by atoms with Gasteiger partial charge in [-0.3, -0.25) is 4.90 Å². The highest BCUT2D eigenvalue weighted by atomic mass is 35.5. The number of aromatic hydroxyl groups is 1. The van der Waals surface area contributed by atoms with Crippen LogP contribution >= 0.6 is 36.2 Å². The van der Waals surface area contributed by atoms with E-state index in [-0.39, 0.29) is 36.6 Å². The zero-order valence-electron chi connectivity index (χ0n) is 12.9. The van der Waals surface area contributed by atoms with E-state index in [9.17, 15) is 5.11 Å². The summed E-state index contributed by atoms with van der Waals surface area (Å²) >= 11 is 1.77. The lowest BCUT2D eigenvalue weighted by atomic mass is 10.0. The summed E-state index contributed by atoms with van der Waals surface area (Å²) in [6.45, 7) is 4.06. The van der Waals surface area contributed by atoms with Crippen LogP contribution in [0.25, 0.3) is 0 Å². The summed E-state index contributed by atoms with van der Waals surface area (Å²) in [5, 5.41) is 15.3. The molecule has 3 rings (SSSR count). The second-order valence-electron chi connectivity index (χ2n) is 5.14. The van der Waals surface area contributed by atoms with Gasteiger partial charge in [0.25, 0.3) is 0 Å². The number of benzene rings is 1. The number of ether oxygens (including phenoxy) is 1. The molecule has 0 amide bonds. The van der Waals surface area contributed by atoms with Crippen molar-refractivity contribution in [1.82, 2.24) is 10.2 Å².